The highest BCUT2D eigenvalue weighted by Gasteiger charge is 2.34. The lowest BCUT2D eigenvalue weighted by Crippen LogP contribution is -2.34. The molecule has 1 saturated heterocycles. The first kappa shape index (κ1) is 10.6. The summed E-state index contributed by atoms with van der Waals surface area (Å²) in [6, 6.07) is 4.13. The summed E-state index contributed by atoms with van der Waals surface area (Å²) in [5.41, 5.74) is -0.301. The molecule has 78 valence electrons. The van der Waals surface area contributed by atoms with Gasteiger partial charge in [0.15, 0.2) is 0 Å². The number of aliphatic hydroxyl groups is 1. The van der Waals surface area contributed by atoms with E-state index >= 15 is 0 Å². The van der Waals surface area contributed by atoms with Crippen molar-refractivity contribution in [2.24, 2.45) is 0 Å². The molecule has 0 radical (unpaired) electrons. The average molecular weight is 277 g/mol. The zero-order chi connectivity index (χ0) is 10.0. The predicted molar refractivity (Wildman–Crippen MR) is 60.7 cm³/mol. The molecule has 0 spiro atoms. The quantitative estimate of drug-likeness (QED) is 0.920. The van der Waals surface area contributed by atoms with Crippen molar-refractivity contribution in [3.05, 3.63) is 20.8 Å². The Kier molecular flexibility index (Phi) is 3.27. The van der Waals surface area contributed by atoms with Crippen molar-refractivity contribution in [1.82, 2.24) is 0 Å². The summed E-state index contributed by atoms with van der Waals surface area (Å²) in [4.78, 5) is 1.27. The summed E-state index contributed by atoms with van der Waals surface area (Å²) in [7, 11) is 0. The van der Waals surface area contributed by atoms with Crippen LogP contribution in [0.15, 0.2) is 15.9 Å². The lowest BCUT2D eigenvalue weighted by molar-refractivity contribution is -0.0371. The van der Waals surface area contributed by atoms with Crippen LogP contribution in [0.3, 0.4) is 0 Å². The van der Waals surface area contributed by atoms with Crippen LogP contribution < -0.4 is 0 Å². The van der Waals surface area contributed by atoms with Crippen LogP contribution in [-0.4, -0.2) is 23.9 Å². The first-order valence-corrected chi connectivity index (χ1v) is 6.34. The first-order chi connectivity index (χ1) is 6.74. The van der Waals surface area contributed by atoms with Crippen molar-refractivity contribution >= 4 is 27.3 Å². The van der Waals surface area contributed by atoms with E-state index in [2.05, 4.69) is 22.0 Å². The van der Waals surface area contributed by atoms with E-state index in [1.165, 1.54) is 4.88 Å². The molecule has 0 aliphatic carbocycles. The van der Waals surface area contributed by atoms with Crippen LogP contribution in [0.25, 0.3) is 0 Å². The van der Waals surface area contributed by atoms with Gasteiger partial charge in [0.1, 0.15) is 0 Å². The largest absolute Gasteiger partial charge is 0.393 e. The number of aliphatic hydroxyl groups excluding tert-OH is 1. The molecule has 1 N–H and O–H groups in total. The van der Waals surface area contributed by atoms with E-state index in [9.17, 15) is 5.11 Å². The fourth-order valence-corrected chi connectivity index (χ4v) is 3.45. The first-order valence-electron chi connectivity index (χ1n) is 4.73. The van der Waals surface area contributed by atoms with E-state index in [0.29, 0.717) is 0 Å². The maximum atomic E-state index is 9.35. The number of halogens is 1. The molecule has 4 heteroatoms. The number of hydrogen-bond acceptors (Lipinski definition) is 3. The van der Waals surface area contributed by atoms with Crippen molar-refractivity contribution in [2.45, 2.75) is 24.9 Å². The van der Waals surface area contributed by atoms with E-state index in [1.807, 2.05) is 6.07 Å². The van der Waals surface area contributed by atoms with Crippen LogP contribution in [-0.2, 0) is 11.2 Å². The molecule has 2 rings (SSSR count). The second-order valence-corrected chi connectivity index (χ2v) is 6.22. The van der Waals surface area contributed by atoms with Gasteiger partial charge in [0.25, 0.3) is 0 Å². The van der Waals surface area contributed by atoms with Crippen LogP contribution in [0.5, 0.6) is 0 Å². The monoisotopic (exact) mass is 276 g/mol. The molecule has 1 aliphatic heterocycles. The summed E-state index contributed by atoms with van der Waals surface area (Å²) < 4.78 is 6.78. The van der Waals surface area contributed by atoms with E-state index in [0.717, 1.165) is 29.7 Å². The fourth-order valence-electron chi connectivity index (χ4n) is 1.84. The van der Waals surface area contributed by atoms with Gasteiger partial charge in [-0.1, -0.05) is 0 Å². The van der Waals surface area contributed by atoms with Gasteiger partial charge < -0.3 is 9.84 Å². The molecule has 2 nitrogen and oxygen atoms in total. The molecule has 1 aliphatic rings. The molecule has 1 aromatic rings. The standard InChI is InChI=1S/C10H13BrO2S/c11-9-3-2-8(14-9)6-10(7-12)4-1-5-13-10/h2-3,12H,1,4-7H2. The third-order valence-corrected chi connectivity index (χ3v) is 4.22. The smallest absolute Gasteiger partial charge is 0.0960 e. The highest BCUT2D eigenvalue weighted by atomic mass is 79.9. The Morgan fingerprint density at radius 1 is 1.57 bits per heavy atom. The molecule has 1 atom stereocenters. The van der Waals surface area contributed by atoms with Crippen molar-refractivity contribution in [3.63, 3.8) is 0 Å². The molecule has 1 fully saturated rings. The van der Waals surface area contributed by atoms with Crippen molar-refractivity contribution < 1.29 is 9.84 Å². The Morgan fingerprint density at radius 2 is 2.43 bits per heavy atom. The third kappa shape index (κ3) is 2.19. The van der Waals surface area contributed by atoms with E-state index in [-0.39, 0.29) is 12.2 Å². The summed E-state index contributed by atoms with van der Waals surface area (Å²) in [5.74, 6) is 0. The van der Waals surface area contributed by atoms with Crippen molar-refractivity contribution in [3.8, 4) is 0 Å². The molecule has 0 aromatic carbocycles. The Labute approximate surface area is 96.0 Å². The lowest BCUT2D eigenvalue weighted by Gasteiger charge is -2.24. The minimum atomic E-state index is -0.301. The third-order valence-electron chi connectivity index (χ3n) is 2.60. The number of ether oxygens (including phenoxy) is 1. The van der Waals surface area contributed by atoms with Crippen LogP contribution in [0, 0.1) is 0 Å². The SMILES string of the molecule is OCC1(Cc2ccc(Br)s2)CCCO1. The van der Waals surface area contributed by atoms with Gasteiger partial charge >= 0.3 is 0 Å². The number of thiophene rings is 1. The fraction of sp³-hybridized carbons (Fsp3) is 0.600. The number of hydrogen-bond donors (Lipinski definition) is 1. The Morgan fingerprint density at radius 3 is 2.93 bits per heavy atom. The van der Waals surface area contributed by atoms with Gasteiger partial charge in [-0.3, -0.25) is 0 Å². The van der Waals surface area contributed by atoms with Gasteiger partial charge in [-0.25, -0.2) is 0 Å². The maximum Gasteiger partial charge on any atom is 0.0960 e. The van der Waals surface area contributed by atoms with Gasteiger partial charge in [-0.2, -0.15) is 0 Å². The molecule has 14 heavy (non-hydrogen) atoms. The van der Waals surface area contributed by atoms with Crippen LogP contribution in [0.1, 0.15) is 17.7 Å². The highest BCUT2D eigenvalue weighted by molar-refractivity contribution is 9.11. The molecular formula is C10H13BrO2S. The van der Waals surface area contributed by atoms with Crippen LogP contribution in [0.2, 0.25) is 0 Å². The molecule has 1 aromatic heterocycles. The van der Waals surface area contributed by atoms with E-state index in [1.54, 1.807) is 11.3 Å². The molecular weight excluding hydrogens is 264 g/mol. The summed E-state index contributed by atoms with van der Waals surface area (Å²) in [6.45, 7) is 0.912. The van der Waals surface area contributed by atoms with Crippen molar-refractivity contribution in [1.29, 1.82) is 0 Å². The normalized spacial score (nSPS) is 27.0. The Hall–Kier alpha value is 0.1000. The summed E-state index contributed by atoms with van der Waals surface area (Å²) >= 11 is 5.15. The zero-order valence-electron chi connectivity index (χ0n) is 7.83. The average Bonchev–Trinajstić information content (AvgIpc) is 2.77. The topological polar surface area (TPSA) is 29.5 Å². The maximum absolute atomic E-state index is 9.35. The Balaban J connectivity index is 2.08. The van der Waals surface area contributed by atoms with E-state index in [4.69, 9.17) is 4.74 Å². The molecule has 0 amide bonds. The molecule has 2 heterocycles. The summed E-state index contributed by atoms with van der Waals surface area (Å²) in [6.07, 6.45) is 2.87. The van der Waals surface area contributed by atoms with Crippen LogP contribution >= 0.6 is 27.3 Å². The van der Waals surface area contributed by atoms with Crippen molar-refractivity contribution in [2.75, 3.05) is 13.2 Å². The van der Waals surface area contributed by atoms with Gasteiger partial charge in [0.2, 0.25) is 0 Å². The Bertz CT molecular complexity index is 305. The van der Waals surface area contributed by atoms with E-state index < -0.39 is 0 Å². The van der Waals surface area contributed by atoms with Gasteiger partial charge in [-0.05, 0) is 40.9 Å². The highest BCUT2D eigenvalue weighted by Crippen LogP contribution is 2.32. The minimum absolute atomic E-state index is 0.127. The van der Waals surface area contributed by atoms with Gasteiger partial charge in [-0.15, -0.1) is 11.3 Å². The second-order valence-electron chi connectivity index (χ2n) is 3.68. The molecule has 0 bridgehead atoms. The molecule has 1 unspecified atom stereocenters. The van der Waals surface area contributed by atoms with Gasteiger partial charge in [0.05, 0.1) is 16.0 Å². The zero-order valence-corrected chi connectivity index (χ0v) is 10.2. The van der Waals surface area contributed by atoms with Gasteiger partial charge in [0, 0.05) is 17.9 Å². The van der Waals surface area contributed by atoms with Crippen LogP contribution in [0.4, 0.5) is 0 Å². The second kappa shape index (κ2) is 4.31. The summed E-state index contributed by atoms with van der Waals surface area (Å²) in [5, 5.41) is 9.35. The number of rotatable bonds is 3. The molecule has 0 saturated carbocycles. The minimum Gasteiger partial charge on any atom is -0.393 e. The predicted octanol–water partition coefficient (Wildman–Crippen LogP) is 2.59. The lowest BCUT2D eigenvalue weighted by atomic mass is 9.96.